The number of rotatable bonds is 3. The summed E-state index contributed by atoms with van der Waals surface area (Å²) in [4.78, 5) is 4.30. The van der Waals surface area contributed by atoms with E-state index in [4.69, 9.17) is 0 Å². The van der Waals surface area contributed by atoms with Crippen molar-refractivity contribution in [2.75, 3.05) is 0 Å². The molecule has 0 radical (unpaired) electrons. The standard InChI is InChI=1S/C15H11FN4/c16-12-6-8-15(9-7-12)20-11-14(18-19-20)10-17-13-4-2-1-3-5-13/h1-11H. The van der Waals surface area contributed by atoms with Gasteiger partial charge in [-0.2, -0.15) is 0 Å². The average molecular weight is 266 g/mol. The maximum absolute atomic E-state index is 12.8. The van der Waals surface area contributed by atoms with Crippen molar-refractivity contribution in [3.63, 3.8) is 0 Å². The normalized spacial score (nSPS) is 11.1. The lowest BCUT2D eigenvalue weighted by molar-refractivity contribution is 0.626. The van der Waals surface area contributed by atoms with Crippen molar-refractivity contribution in [2.24, 2.45) is 4.99 Å². The van der Waals surface area contributed by atoms with Gasteiger partial charge in [0.15, 0.2) is 0 Å². The van der Waals surface area contributed by atoms with E-state index in [0.717, 1.165) is 11.4 Å². The van der Waals surface area contributed by atoms with E-state index >= 15 is 0 Å². The number of halogens is 1. The molecular formula is C15H11FN4. The summed E-state index contributed by atoms with van der Waals surface area (Å²) >= 11 is 0. The Labute approximate surface area is 115 Å². The number of aromatic nitrogens is 3. The number of hydrogen-bond acceptors (Lipinski definition) is 3. The fraction of sp³-hybridized carbons (Fsp3) is 0. The summed E-state index contributed by atoms with van der Waals surface area (Å²) in [6, 6.07) is 15.6. The highest BCUT2D eigenvalue weighted by Gasteiger charge is 2.01. The van der Waals surface area contributed by atoms with Crippen LogP contribution in [0.4, 0.5) is 10.1 Å². The highest BCUT2D eigenvalue weighted by Crippen LogP contribution is 2.10. The summed E-state index contributed by atoms with van der Waals surface area (Å²) in [5.74, 6) is -0.278. The molecule has 0 saturated carbocycles. The lowest BCUT2D eigenvalue weighted by atomic mass is 10.3. The van der Waals surface area contributed by atoms with Crippen LogP contribution in [0.25, 0.3) is 5.69 Å². The Morgan fingerprint density at radius 1 is 1.00 bits per heavy atom. The van der Waals surface area contributed by atoms with Crippen LogP contribution in [0.15, 0.2) is 65.8 Å². The van der Waals surface area contributed by atoms with Crippen LogP contribution in [0.1, 0.15) is 5.69 Å². The van der Waals surface area contributed by atoms with E-state index in [9.17, 15) is 4.39 Å². The quantitative estimate of drug-likeness (QED) is 0.683. The molecule has 4 nitrogen and oxygen atoms in total. The zero-order valence-electron chi connectivity index (χ0n) is 10.5. The highest BCUT2D eigenvalue weighted by atomic mass is 19.1. The summed E-state index contributed by atoms with van der Waals surface area (Å²) < 4.78 is 14.4. The first-order chi connectivity index (χ1) is 9.81. The van der Waals surface area contributed by atoms with Crippen LogP contribution < -0.4 is 0 Å². The zero-order valence-corrected chi connectivity index (χ0v) is 10.5. The van der Waals surface area contributed by atoms with Gasteiger partial charge in [-0.05, 0) is 36.4 Å². The van der Waals surface area contributed by atoms with Crippen molar-refractivity contribution < 1.29 is 4.39 Å². The minimum Gasteiger partial charge on any atom is -0.255 e. The molecule has 0 bridgehead atoms. The molecule has 5 heteroatoms. The van der Waals surface area contributed by atoms with Crippen molar-refractivity contribution in [1.82, 2.24) is 15.0 Å². The van der Waals surface area contributed by atoms with Gasteiger partial charge in [-0.3, -0.25) is 4.99 Å². The van der Waals surface area contributed by atoms with Gasteiger partial charge in [-0.25, -0.2) is 9.07 Å². The molecule has 0 saturated heterocycles. The molecule has 3 rings (SSSR count). The van der Waals surface area contributed by atoms with Crippen molar-refractivity contribution in [3.05, 3.63) is 72.3 Å². The summed E-state index contributed by atoms with van der Waals surface area (Å²) in [6.07, 6.45) is 3.38. The maximum atomic E-state index is 12.8. The second kappa shape index (κ2) is 5.44. The third-order valence-corrected chi connectivity index (χ3v) is 2.70. The van der Waals surface area contributed by atoms with Crippen molar-refractivity contribution in [1.29, 1.82) is 0 Å². The minimum absolute atomic E-state index is 0.278. The predicted molar refractivity (Wildman–Crippen MR) is 75.0 cm³/mol. The first kappa shape index (κ1) is 12.2. The van der Waals surface area contributed by atoms with Gasteiger partial charge in [0.1, 0.15) is 11.5 Å². The number of para-hydroxylation sites is 1. The predicted octanol–water partition coefficient (Wildman–Crippen LogP) is 3.16. The average Bonchev–Trinajstić information content (AvgIpc) is 2.96. The molecule has 0 aliphatic carbocycles. The van der Waals surface area contributed by atoms with Gasteiger partial charge in [0.25, 0.3) is 0 Å². The Hall–Kier alpha value is -2.82. The summed E-state index contributed by atoms with van der Waals surface area (Å²) in [5.41, 5.74) is 2.24. The molecule has 0 unspecified atom stereocenters. The molecule has 0 atom stereocenters. The third kappa shape index (κ3) is 2.77. The fourth-order valence-corrected chi connectivity index (χ4v) is 1.71. The fourth-order valence-electron chi connectivity index (χ4n) is 1.71. The van der Waals surface area contributed by atoms with Crippen LogP contribution >= 0.6 is 0 Å². The van der Waals surface area contributed by atoms with E-state index in [1.54, 1.807) is 29.2 Å². The van der Waals surface area contributed by atoms with Crippen LogP contribution in [0.5, 0.6) is 0 Å². The second-order valence-corrected chi connectivity index (χ2v) is 4.16. The van der Waals surface area contributed by atoms with E-state index in [2.05, 4.69) is 15.3 Å². The van der Waals surface area contributed by atoms with E-state index in [-0.39, 0.29) is 5.82 Å². The molecule has 2 aromatic carbocycles. The number of aliphatic imine (C=N–C) groups is 1. The van der Waals surface area contributed by atoms with E-state index < -0.39 is 0 Å². The van der Waals surface area contributed by atoms with Crippen molar-refractivity contribution in [3.8, 4) is 5.69 Å². The van der Waals surface area contributed by atoms with E-state index in [0.29, 0.717) is 5.69 Å². The van der Waals surface area contributed by atoms with Gasteiger partial charge in [0.2, 0.25) is 0 Å². The van der Waals surface area contributed by atoms with Crippen LogP contribution in [-0.4, -0.2) is 21.2 Å². The monoisotopic (exact) mass is 266 g/mol. The molecule has 0 N–H and O–H groups in total. The van der Waals surface area contributed by atoms with Gasteiger partial charge in [-0.1, -0.05) is 23.4 Å². The zero-order chi connectivity index (χ0) is 13.8. The van der Waals surface area contributed by atoms with Crippen LogP contribution in [0.2, 0.25) is 0 Å². The topological polar surface area (TPSA) is 43.1 Å². The summed E-state index contributed by atoms with van der Waals surface area (Å²) in [7, 11) is 0. The van der Waals surface area contributed by atoms with Crippen LogP contribution in [0, 0.1) is 5.82 Å². The maximum Gasteiger partial charge on any atom is 0.124 e. The number of hydrogen-bond donors (Lipinski definition) is 0. The summed E-state index contributed by atoms with van der Waals surface area (Å²) in [6.45, 7) is 0. The molecule has 20 heavy (non-hydrogen) atoms. The molecule has 1 aromatic heterocycles. The Balaban J connectivity index is 1.80. The van der Waals surface area contributed by atoms with Crippen molar-refractivity contribution in [2.45, 2.75) is 0 Å². The highest BCUT2D eigenvalue weighted by molar-refractivity contribution is 5.79. The molecule has 3 aromatic rings. The van der Waals surface area contributed by atoms with E-state index in [1.807, 2.05) is 30.3 Å². The van der Waals surface area contributed by atoms with Gasteiger partial charge < -0.3 is 0 Å². The van der Waals surface area contributed by atoms with Gasteiger partial charge in [0.05, 0.1) is 23.8 Å². The molecule has 0 aliphatic rings. The Morgan fingerprint density at radius 3 is 2.50 bits per heavy atom. The lowest BCUT2D eigenvalue weighted by Gasteiger charge is -1.97. The molecule has 0 fully saturated rings. The second-order valence-electron chi connectivity index (χ2n) is 4.16. The Morgan fingerprint density at radius 2 is 1.75 bits per heavy atom. The first-order valence-electron chi connectivity index (χ1n) is 6.09. The van der Waals surface area contributed by atoms with Gasteiger partial charge in [0, 0.05) is 0 Å². The molecule has 1 heterocycles. The third-order valence-electron chi connectivity index (χ3n) is 2.70. The SMILES string of the molecule is Fc1ccc(-n2cc(C=Nc3ccccc3)nn2)cc1. The number of benzene rings is 2. The smallest absolute Gasteiger partial charge is 0.124 e. The number of nitrogens with zero attached hydrogens (tertiary/aromatic N) is 4. The molecule has 98 valence electrons. The first-order valence-corrected chi connectivity index (χ1v) is 6.09. The van der Waals surface area contributed by atoms with Gasteiger partial charge >= 0.3 is 0 Å². The molecule has 0 aliphatic heterocycles. The Kier molecular flexibility index (Phi) is 3.33. The largest absolute Gasteiger partial charge is 0.255 e. The van der Waals surface area contributed by atoms with Crippen LogP contribution in [-0.2, 0) is 0 Å². The molecule has 0 spiro atoms. The van der Waals surface area contributed by atoms with Crippen LogP contribution in [0.3, 0.4) is 0 Å². The minimum atomic E-state index is -0.278. The Bertz CT molecular complexity index is 717. The van der Waals surface area contributed by atoms with E-state index in [1.165, 1.54) is 12.1 Å². The van der Waals surface area contributed by atoms with Gasteiger partial charge in [-0.15, -0.1) is 5.10 Å². The molecule has 0 amide bonds. The lowest BCUT2D eigenvalue weighted by Crippen LogP contribution is -1.94. The summed E-state index contributed by atoms with van der Waals surface area (Å²) in [5, 5.41) is 7.98. The molecular weight excluding hydrogens is 255 g/mol. The van der Waals surface area contributed by atoms with Crippen molar-refractivity contribution >= 4 is 11.9 Å².